The Morgan fingerprint density at radius 2 is 1.88 bits per heavy atom. The van der Waals surface area contributed by atoms with Gasteiger partial charge >= 0.3 is 0 Å². The Morgan fingerprint density at radius 3 is 2.54 bits per heavy atom. The Kier molecular flexibility index (Phi) is 5.60. The fourth-order valence-electron chi connectivity index (χ4n) is 2.44. The molecule has 0 aliphatic carbocycles. The van der Waals surface area contributed by atoms with Gasteiger partial charge < -0.3 is 14.6 Å². The number of hydrogen-bond acceptors (Lipinski definition) is 6. The minimum atomic E-state index is -0.822. The maximum Gasteiger partial charge on any atom is 0.290 e. The number of nitrogens with one attached hydrogen (secondary N) is 1. The second kappa shape index (κ2) is 8.07. The van der Waals surface area contributed by atoms with Crippen molar-refractivity contribution in [3.63, 3.8) is 0 Å². The van der Waals surface area contributed by atoms with Gasteiger partial charge in [0.2, 0.25) is 0 Å². The van der Waals surface area contributed by atoms with Gasteiger partial charge in [0.1, 0.15) is 24.2 Å². The van der Waals surface area contributed by atoms with E-state index in [4.69, 9.17) is 9.47 Å². The van der Waals surface area contributed by atoms with Crippen LogP contribution in [-0.2, 0) is 4.79 Å². The molecule has 0 bridgehead atoms. The van der Waals surface area contributed by atoms with Crippen molar-refractivity contribution in [2.24, 2.45) is 0 Å². The Labute approximate surface area is 154 Å². The number of carbonyl (C=O) groups is 2. The molecule has 1 aliphatic heterocycles. The maximum absolute atomic E-state index is 11.5. The topological polar surface area (TPSA) is 84.9 Å². The number of methoxy groups -OCH3 is 1. The summed E-state index contributed by atoms with van der Waals surface area (Å²) in [5, 5.41) is 12.1. The van der Waals surface area contributed by atoms with Crippen LogP contribution in [0.2, 0.25) is 0 Å². The van der Waals surface area contributed by atoms with Crippen LogP contribution >= 0.6 is 11.8 Å². The third-order valence-corrected chi connectivity index (χ3v) is 4.54. The molecule has 0 saturated carbocycles. The second-order valence-corrected chi connectivity index (χ2v) is 6.50. The molecule has 2 amide bonds. The summed E-state index contributed by atoms with van der Waals surface area (Å²) in [5.74, 6) is 0.799. The molecular formula is C19H17NO5S. The molecule has 2 aromatic rings. The largest absolute Gasteiger partial charge is 0.496 e. The number of ether oxygens (including phenoxy) is 2. The van der Waals surface area contributed by atoms with E-state index in [1.165, 1.54) is 0 Å². The van der Waals surface area contributed by atoms with Crippen molar-refractivity contribution in [1.82, 2.24) is 5.32 Å². The van der Waals surface area contributed by atoms with E-state index in [0.717, 1.165) is 17.3 Å². The Balaban J connectivity index is 1.62. The van der Waals surface area contributed by atoms with Crippen molar-refractivity contribution in [1.29, 1.82) is 0 Å². The smallest absolute Gasteiger partial charge is 0.290 e. The van der Waals surface area contributed by atoms with Crippen LogP contribution in [0.15, 0.2) is 53.4 Å². The standard InChI is InChI=1S/C19H17NO5S/c1-24-16-5-3-2-4-14(16)15(21)11-25-13-8-6-12(7-9-13)10-17-18(22)20-19(23)26-17/h2-10,15,21H,11H2,1H3,(H,20,22,23)/b17-10-. The van der Waals surface area contributed by atoms with Crippen LogP contribution < -0.4 is 14.8 Å². The van der Waals surface area contributed by atoms with Gasteiger partial charge in [-0.15, -0.1) is 0 Å². The average molecular weight is 371 g/mol. The van der Waals surface area contributed by atoms with E-state index in [9.17, 15) is 14.7 Å². The monoisotopic (exact) mass is 371 g/mol. The van der Waals surface area contributed by atoms with Gasteiger partial charge in [0.15, 0.2) is 0 Å². The zero-order chi connectivity index (χ0) is 18.5. The maximum atomic E-state index is 11.5. The molecule has 26 heavy (non-hydrogen) atoms. The SMILES string of the molecule is COc1ccccc1C(O)COc1ccc(/C=C2\SC(=O)NC2=O)cc1. The summed E-state index contributed by atoms with van der Waals surface area (Å²) in [6.45, 7) is 0.0770. The minimum absolute atomic E-state index is 0.0770. The Bertz CT molecular complexity index is 847. The number of carbonyl (C=O) groups excluding carboxylic acids is 2. The van der Waals surface area contributed by atoms with Gasteiger partial charge in [0, 0.05) is 5.56 Å². The summed E-state index contributed by atoms with van der Waals surface area (Å²) in [7, 11) is 1.55. The molecule has 1 aliphatic rings. The molecule has 6 nitrogen and oxygen atoms in total. The average Bonchev–Trinajstić information content (AvgIpc) is 2.97. The fraction of sp³-hybridized carbons (Fsp3) is 0.158. The van der Waals surface area contributed by atoms with Crippen molar-refractivity contribution < 1.29 is 24.2 Å². The van der Waals surface area contributed by atoms with Crippen molar-refractivity contribution in [3.8, 4) is 11.5 Å². The number of rotatable bonds is 6. The van der Waals surface area contributed by atoms with Gasteiger partial charge in [-0.1, -0.05) is 30.3 Å². The van der Waals surface area contributed by atoms with Gasteiger partial charge in [0.25, 0.3) is 11.1 Å². The third-order valence-electron chi connectivity index (χ3n) is 3.73. The number of amides is 2. The summed E-state index contributed by atoms with van der Waals surface area (Å²) in [6.07, 6.45) is 0.816. The summed E-state index contributed by atoms with van der Waals surface area (Å²) >= 11 is 0.873. The number of para-hydroxylation sites is 1. The van der Waals surface area contributed by atoms with Crippen LogP contribution in [-0.4, -0.2) is 30.0 Å². The van der Waals surface area contributed by atoms with E-state index >= 15 is 0 Å². The van der Waals surface area contributed by atoms with Crippen LogP contribution in [0.1, 0.15) is 17.2 Å². The fourth-order valence-corrected chi connectivity index (χ4v) is 3.12. The van der Waals surface area contributed by atoms with E-state index in [2.05, 4.69) is 5.32 Å². The molecule has 2 aromatic carbocycles. The molecule has 1 saturated heterocycles. The lowest BCUT2D eigenvalue weighted by molar-refractivity contribution is -0.115. The van der Waals surface area contributed by atoms with Crippen LogP contribution in [0.3, 0.4) is 0 Å². The Hall–Kier alpha value is -2.77. The third kappa shape index (κ3) is 4.25. The molecule has 3 rings (SSSR count). The molecule has 0 spiro atoms. The highest BCUT2D eigenvalue weighted by molar-refractivity contribution is 8.18. The summed E-state index contributed by atoms with van der Waals surface area (Å²) < 4.78 is 10.9. The highest BCUT2D eigenvalue weighted by Gasteiger charge is 2.24. The molecular weight excluding hydrogens is 354 g/mol. The summed E-state index contributed by atoms with van der Waals surface area (Å²) in [6, 6.07) is 14.2. The van der Waals surface area contributed by atoms with E-state index in [-0.39, 0.29) is 17.8 Å². The van der Waals surface area contributed by atoms with E-state index in [0.29, 0.717) is 22.0 Å². The van der Waals surface area contributed by atoms with Gasteiger partial charge in [-0.05, 0) is 41.6 Å². The molecule has 1 heterocycles. The molecule has 0 aromatic heterocycles. The van der Waals surface area contributed by atoms with Gasteiger partial charge in [0.05, 0.1) is 12.0 Å². The van der Waals surface area contributed by atoms with Crippen molar-refractivity contribution >= 4 is 29.0 Å². The van der Waals surface area contributed by atoms with E-state index in [1.807, 2.05) is 12.1 Å². The Morgan fingerprint density at radius 1 is 1.15 bits per heavy atom. The first-order valence-electron chi connectivity index (χ1n) is 7.85. The minimum Gasteiger partial charge on any atom is -0.496 e. The first kappa shape index (κ1) is 18.0. The van der Waals surface area contributed by atoms with Crippen molar-refractivity contribution in [3.05, 3.63) is 64.6 Å². The van der Waals surface area contributed by atoms with Crippen LogP contribution in [0.4, 0.5) is 4.79 Å². The normalized spacial score (nSPS) is 16.5. The van der Waals surface area contributed by atoms with Crippen molar-refractivity contribution in [2.75, 3.05) is 13.7 Å². The highest BCUT2D eigenvalue weighted by atomic mass is 32.2. The van der Waals surface area contributed by atoms with Gasteiger partial charge in [-0.2, -0.15) is 0 Å². The number of benzene rings is 2. The van der Waals surface area contributed by atoms with Gasteiger partial charge in [-0.3, -0.25) is 14.9 Å². The zero-order valence-corrected chi connectivity index (χ0v) is 14.8. The van der Waals surface area contributed by atoms with Crippen molar-refractivity contribution in [2.45, 2.75) is 6.10 Å². The second-order valence-electron chi connectivity index (χ2n) is 5.49. The molecule has 1 atom stereocenters. The van der Waals surface area contributed by atoms with E-state index < -0.39 is 6.10 Å². The molecule has 1 unspecified atom stereocenters. The first-order valence-corrected chi connectivity index (χ1v) is 8.67. The summed E-state index contributed by atoms with van der Waals surface area (Å²) in [5.41, 5.74) is 1.43. The molecule has 0 radical (unpaired) electrons. The number of hydrogen-bond donors (Lipinski definition) is 2. The number of imide groups is 1. The van der Waals surface area contributed by atoms with Crippen LogP contribution in [0.25, 0.3) is 6.08 Å². The lowest BCUT2D eigenvalue weighted by atomic mass is 10.1. The highest BCUT2D eigenvalue weighted by Crippen LogP contribution is 2.27. The first-order chi connectivity index (χ1) is 12.6. The van der Waals surface area contributed by atoms with E-state index in [1.54, 1.807) is 49.6 Å². The zero-order valence-electron chi connectivity index (χ0n) is 14.0. The molecule has 134 valence electrons. The predicted molar refractivity (Wildman–Crippen MR) is 99.0 cm³/mol. The van der Waals surface area contributed by atoms with Crippen LogP contribution in [0.5, 0.6) is 11.5 Å². The number of thioether (sulfide) groups is 1. The molecule has 1 fully saturated rings. The van der Waals surface area contributed by atoms with Crippen LogP contribution in [0, 0.1) is 0 Å². The lowest BCUT2D eigenvalue weighted by Crippen LogP contribution is -2.17. The molecule has 2 N–H and O–H groups in total. The number of aliphatic hydroxyl groups is 1. The lowest BCUT2D eigenvalue weighted by Gasteiger charge is -2.15. The molecule has 7 heteroatoms. The quantitative estimate of drug-likeness (QED) is 0.759. The van der Waals surface area contributed by atoms with Gasteiger partial charge in [-0.25, -0.2) is 0 Å². The number of aliphatic hydroxyl groups excluding tert-OH is 1. The summed E-state index contributed by atoms with van der Waals surface area (Å²) in [4.78, 5) is 23.1. The predicted octanol–water partition coefficient (Wildman–Crippen LogP) is 3.13.